The molecule has 0 spiro atoms. The zero-order chi connectivity index (χ0) is 12.3. The van der Waals surface area contributed by atoms with Crippen molar-refractivity contribution in [3.8, 4) is 11.3 Å². The van der Waals surface area contributed by atoms with Gasteiger partial charge in [-0.05, 0) is 12.1 Å². The summed E-state index contributed by atoms with van der Waals surface area (Å²) in [6, 6.07) is 5.95. The summed E-state index contributed by atoms with van der Waals surface area (Å²) in [5, 5.41) is 7.56. The predicted octanol–water partition coefficient (Wildman–Crippen LogP) is 2.08. The van der Waals surface area contributed by atoms with Crippen LogP contribution in [0.15, 0.2) is 36.9 Å². The zero-order valence-corrected chi connectivity index (χ0v) is 9.01. The van der Waals surface area contributed by atoms with Crippen LogP contribution in [0.4, 0.5) is 4.39 Å². The Morgan fingerprint density at radius 2 is 2.29 bits per heavy atom. The van der Waals surface area contributed by atoms with E-state index in [1.54, 1.807) is 18.2 Å². The lowest BCUT2D eigenvalue weighted by Gasteiger charge is -2.04. The summed E-state index contributed by atoms with van der Waals surface area (Å²) in [5.41, 5.74) is 1.26. The van der Waals surface area contributed by atoms with Crippen LogP contribution in [-0.2, 0) is 6.54 Å². The summed E-state index contributed by atoms with van der Waals surface area (Å²) in [5.74, 6) is -0.370. The van der Waals surface area contributed by atoms with Crippen LogP contribution >= 0.6 is 0 Å². The van der Waals surface area contributed by atoms with Gasteiger partial charge in [0.15, 0.2) is 12.0 Å². The van der Waals surface area contributed by atoms with Gasteiger partial charge in [-0.3, -0.25) is 4.79 Å². The van der Waals surface area contributed by atoms with Crippen LogP contribution in [0.2, 0.25) is 0 Å². The van der Waals surface area contributed by atoms with Gasteiger partial charge in [-0.15, -0.1) is 11.7 Å². The number of nitrogens with zero attached hydrogens (tertiary/aromatic N) is 3. The Kier molecular flexibility index (Phi) is 3.09. The molecule has 0 radical (unpaired) electrons. The van der Waals surface area contributed by atoms with Crippen molar-refractivity contribution < 1.29 is 9.18 Å². The Balaban J connectivity index is 2.59. The van der Waals surface area contributed by atoms with Gasteiger partial charge in [0.25, 0.3) is 0 Å². The van der Waals surface area contributed by atoms with Crippen LogP contribution in [0.5, 0.6) is 0 Å². The number of carbonyl (C=O) groups excluding carboxylic acids is 1. The van der Waals surface area contributed by atoms with E-state index in [0.29, 0.717) is 24.1 Å². The highest BCUT2D eigenvalue weighted by molar-refractivity contribution is 5.83. The molecule has 4 nitrogen and oxygen atoms in total. The average Bonchev–Trinajstić information content (AvgIpc) is 2.72. The maximum absolute atomic E-state index is 13.2. The van der Waals surface area contributed by atoms with Crippen LogP contribution < -0.4 is 0 Å². The van der Waals surface area contributed by atoms with E-state index in [2.05, 4.69) is 16.9 Å². The van der Waals surface area contributed by atoms with E-state index in [4.69, 9.17) is 0 Å². The number of hydrogen-bond donors (Lipinski definition) is 0. The zero-order valence-electron chi connectivity index (χ0n) is 9.01. The molecule has 0 fully saturated rings. The van der Waals surface area contributed by atoms with Crippen LogP contribution in [-0.4, -0.2) is 21.3 Å². The number of rotatable bonds is 4. The second kappa shape index (κ2) is 4.69. The molecular formula is C12H10FN3O. The third-order valence-electron chi connectivity index (χ3n) is 2.27. The van der Waals surface area contributed by atoms with E-state index in [1.807, 2.05) is 0 Å². The molecule has 86 valence electrons. The largest absolute Gasteiger partial charge is 0.296 e. The van der Waals surface area contributed by atoms with Crippen molar-refractivity contribution in [1.29, 1.82) is 0 Å². The molecule has 1 heterocycles. The van der Waals surface area contributed by atoms with E-state index >= 15 is 0 Å². The minimum absolute atomic E-state index is 0.192. The number of carbonyl (C=O) groups is 1. The molecule has 1 aromatic heterocycles. The Labute approximate surface area is 97.4 Å². The molecule has 0 aliphatic heterocycles. The number of hydrogen-bond acceptors (Lipinski definition) is 3. The van der Waals surface area contributed by atoms with E-state index in [-0.39, 0.29) is 11.5 Å². The quantitative estimate of drug-likeness (QED) is 0.598. The number of allylic oxidation sites excluding steroid dienone is 1. The van der Waals surface area contributed by atoms with E-state index in [0.717, 1.165) is 0 Å². The minimum atomic E-state index is -0.370. The van der Waals surface area contributed by atoms with Crippen molar-refractivity contribution in [1.82, 2.24) is 15.0 Å². The van der Waals surface area contributed by atoms with Gasteiger partial charge in [0.1, 0.15) is 5.82 Å². The third-order valence-corrected chi connectivity index (χ3v) is 2.27. The first kappa shape index (κ1) is 11.2. The number of aldehydes is 1. The van der Waals surface area contributed by atoms with E-state index < -0.39 is 0 Å². The highest BCUT2D eigenvalue weighted by atomic mass is 19.1. The molecule has 0 saturated carbocycles. The van der Waals surface area contributed by atoms with Crippen LogP contribution in [0.1, 0.15) is 10.5 Å². The lowest BCUT2D eigenvalue weighted by Crippen LogP contribution is -2.01. The fourth-order valence-corrected chi connectivity index (χ4v) is 1.59. The monoisotopic (exact) mass is 231 g/mol. The van der Waals surface area contributed by atoms with Gasteiger partial charge in [0, 0.05) is 5.56 Å². The van der Waals surface area contributed by atoms with Gasteiger partial charge in [-0.2, -0.15) is 0 Å². The fraction of sp³-hybridized carbons (Fsp3) is 0.0833. The highest BCUT2D eigenvalue weighted by Crippen LogP contribution is 2.22. The molecular weight excluding hydrogens is 221 g/mol. The van der Waals surface area contributed by atoms with Crippen molar-refractivity contribution in [3.63, 3.8) is 0 Å². The van der Waals surface area contributed by atoms with Gasteiger partial charge in [-0.1, -0.05) is 23.4 Å². The molecule has 0 N–H and O–H groups in total. The Bertz CT molecular complexity index is 563. The molecule has 0 unspecified atom stereocenters. The van der Waals surface area contributed by atoms with Gasteiger partial charge in [0.2, 0.25) is 0 Å². The summed E-state index contributed by atoms with van der Waals surface area (Å²) in [6.07, 6.45) is 2.24. The second-order valence-corrected chi connectivity index (χ2v) is 3.42. The normalized spacial score (nSPS) is 10.2. The summed E-state index contributed by atoms with van der Waals surface area (Å²) < 4.78 is 14.7. The first-order valence-corrected chi connectivity index (χ1v) is 5.01. The molecule has 0 aliphatic carbocycles. The molecule has 0 aliphatic rings. The van der Waals surface area contributed by atoms with Crippen molar-refractivity contribution in [2.75, 3.05) is 0 Å². The molecule has 0 saturated heterocycles. The van der Waals surface area contributed by atoms with Gasteiger partial charge < -0.3 is 0 Å². The number of benzene rings is 1. The standard InChI is InChI=1S/C12H10FN3O/c1-2-6-16-12(11(8-17)14-15-16)9-4-3-5-10(13)7-9/h2-5,7-8H,1,6H2. The predicted molar refractivity (Wildman–Crippen MR) is 61.0 cm³/mol. The lowest BCUT2D eigenvalue weighted by molar-refractivity contribution is 0.111. The molecule has 0 bridgehead atoms. The second-order valence-electron chi connectivity index (χ2n) is 3.42. The van der Waals surface area contributed by atoms with E-state index in [9.17, 15) is 9.18 Å². The highest BCUT2D eigenvalue weighted by Gasteiger charge is 2.13. The molecule has 2 aromatic rings. The van der Waals surface area contributed by atoms with Crippen LogP contribution in [0, 0.1) is 5.82 Å². The molecule has 5 heteroatoms. The third kappa shape index (κ3) is 2.13. The van der Waals surface area contributed by atoms with Crippen LogP contribution in [0.3, 0.4) is 0 Å². The lowest BCUT2D eigenvalue weighted by atomic mass is 10.1. The maximum atomic E-state index is 13.2. The number of aromatic nitrogens is 3. The Morgan fingerprint density at radius 3 is 2.94 bits per heavy atom. The molecule has 17 heavy (non-hydrogen) atoms. The SMILES string of the molecule is C=CCn1nnc(C=O)c1-c1cccc(F)c1. The number of halogens is 1. The van der Waals surface area contributed by atoms with Crippen molar-refractivity contribution in [2.45, 2.75) is 6.54 Å². The minimum Gasteiger partial charge on any atom is -0.296 e. The summed E-state index contributed by atoms with van der Waals surface area (Å²) in [7, 11) is 0. The van der Waals surface area contributed by atoms with Crippen molar-refractivity contribution >= 4 is 6.29 Å². The summed E-state index contributed by atoms with van der Waals surface area (Å²) in [4.78, 5) is 10.9. The molecule has 0 atom stereocenters. The molecule has 2 rings (SSSR count). The summed E-state index contributed by atoms with van der Waals surface area (Å²) in [6.45, 7) is 4.00. The van der Waals surface area contributed by atoms with Crippen molar-refractivity contribution in [2.24, 2.45) is 0 Å². The first-order valence-electron chi connectivity index (χ1n) is 5.01. The van der Waals surface area contributed by atoms with Gasteiger partial charge >= 0.3 is 0 Å². The smallest absolute Gasteiger partial charge is 0.172 e. The first-order chi connectivity index (χ1) is 8.26. The average molecular weight is 231 g/mol. The topological polar surface area (TPSA) is 47.8 Å². The van der Waals surface area contributed by atoms with Crippen LogP contribution in [0.25, 0.3) is 11.3 Å². The Hall–Kier alpha value is -2.30. The maximum Gasteiger partial charge on any atom is 0.172 e. The Morgan fingerprint density at radius 1 is 1.47 bits per heavy atom. The van der Waals surface area contributed by atoms with Crippen molar-refractivity contribution in [3.05, 3.63) is 48.4 Å². The molecule has 0 amide bonds. The summed E-state index contributed by atoms with van der Waals surface area (Å²) >= 11 is 0. The van der Waals surface area contributed by atoms with Gasteiger partial charge in [0.05, 0.1) is 12.2 Å². The fourth-order valence-electron chi connectivity index (χ4n) is 1.59. The van der Waals surface area contributed by atoms with E-state index in [1.165, 1.54) is 16.8 Å². The molecule has 1 aromatic carbocycles. The van der Waals surface area contributed by atoms with Gasteiger partial charge in [-0.25, -0.2) is 9.07 Å².